The quantitative estimate of drug-likeness (QED) is 0.942. The highest BCUT2D eigenvalue weighted by Gasteiger charge is 2.20. The molecule has 0 aliphatic heterocycles. The summed E-state index contributed by atoms with van der Waals surface area (Å²) in [5, 5.41) is 5.06. The highest BCUT2D eigenvalue weighted by atomic mass is 35.5. The SMILES string of the molecule is Cc1nn(-c2ccc(Cl)cc2)cc1C(=O)N(C)C(C)CN. The second-order valence-electron chi connectivity index (χ2n) is 5.05. The zero-order valence-electron chi connectivity index (χ0n) is 12.4. The first-order valence-electron chi connectivity index (χ1n) is 6.73. The van der Waals surface area contributed by atoms with Crippen LogP contribution in [0.2, 0.25) is 5.02 Å². The van der Waals surface area contributed by atoms with Gasteiger partial charge >= 0.3 is 0 Å². The second kappa shape index (κ2) is 6.28. The fourth-order valence-corrected chi connectivity index (χ4v) is 2.07. The van der Waals surface area contributed by atoms with Gasteiger partial charge in [0.2, 0.25) is 0 Å². The van der Waals surface area contributed by atoms with Crippen LogP contribution in [0.3, 0.4) is 0 Å². The van der Waals surface area contributed by atoms with E-state index < -0.39 is 0 Å². The predicted molar refractivity (Wildman–Crippen MR) is 83.9 cm³/mol. The van der Waals surface area contributed by atoms with E-state index in [1.807, 2.05) is 26.0 Å². The summed E-state index contributed by atoms with van der Waals surface area (Å²) in [5.74, 6) is -0.0781. The summed E-state index contributed by atoms with van der Waals surface area (Å²) in [4.78, 5) is 14.1. The summed E-state index contributed by atoms with van der Waals surface area (Å²) >= 11 is 5.88. The van der Waals surface area contributed by atoms with Gasteiger partial charge in [0, 0.05) is 30.9 Å². The molecule has 1 aromatic heterocycles. The molecule has 0 radical (unpaired) electrons. The number of halogens is 1. The van der Waals surface area contributed by atoms with Gasteiger partial charge in [0.25, 0.3) is 5.91 Å². The number of carbonyl (C=O) groups excluding carboxylic acids is 1. The van der Waals surface area contributed by atoms with E-state index in [1.165, 1.54) is 0 Å². The van der Waals surface area contributed by atoms with Crippen LogP contribution in [0.25, 0.3) is 5.69 Å². The van der Waals surface area contributed by atoms with Gasteiger partial charge in [-0.2, -0.15) is 5.10 Å². The van der Waals surface area contributed by atoms with Gasteiger partial charge in [-0.1, -0.05) is 11.6 Å². The van der Waals surface area contributed by atoms with Crippen LogP contribution in [0.15, 0.2) is 30.5 Å². The summed E-state index contributed by atoms with van der Waals surface area (Å²) < 4.78 is 1.68. The zero-order valence-corrected chi connectivity index (χ0v) is 13.1. The first-order chi connectivity index (χ1) is 9.93. The van der Waals surface area contributed by atoms with Crippen LogP contribution >= 0.6 is 11.6 Å². The summed E-state index contributed by atoms with van der Waals surface area (Å²) in [6, 6.07) is 7.27. The van der Waals surface area contributed by atoms with Gasteiger partial charge < -0.3 is 10.6 Å². The van der Waals surface area contributed by atoms with E-state index in [-0.39, 0.29) is 11.9 Å². The Balaban J connectivity index is 2.31. The Bertz CT molecular complexity index is 636. The molecule has 0 aliphatic rings. The van der Waals surface area contributed by atoms with Crippen molar-refractivity contribution in [3.05, 3.63) is 46.7 Å². The largest absolute Gasteiger partial charge is 0.338 e. The third kappa shape index (κ3) is 3.25. The summed E-state index contributed by atoms with van der Waals surface area (Å²) in [6.07, 6.45) is 1.74. The summed E-state index contributed by atoms with van der Waals surface area (Å²) in [5.41, 5.74) is 7.73. The maximum absolute atomic E-state index is 12.5. The molecule has 1 heterocycles. The fraction of sp³-hybridized carbons (Fsp3) is 0.333. The van der Waals surface area contributed by atoms with Crippen molar-refractivity contribution in [2.24, 2.45) is 5.73 Å². The Hall–Kier alpha value is -1.85. The predicted octanol–water partition coefficient (Wildman–Crippen LogP) is 2.25. The Morgan fingerprint density at radius 3 is 2.62 bits per heavy atom. The lowest BCUT2D eigenvalue weighted by Gasteiger charge is -2.23. The standard InChI is InChI=1S/C15H19ClN4O/c1-10(8-17)19(3)15(21)14-9-20(18-11(14)2)13-6-4-12(16)5-7-13/h4-7,9-10H,8,17H2,1-3H3. The normalized spacial score (nSPS) is 12.2. The number of carbonyl (C=O) groups is 1. The molecule has 0 fully saturated rings. The third-order valence-electron chi connectivity index (χ3n) is 3.54. The highest BCUT2D eigenvalue weighted by molar-refractivity contribution is 6.30. The van der Waals surface area contributed by atoms with Crippen LogP contribution < -0.4 is 5.73 Å². The molecule has 21 heavy (non-hydrogen) atoms. The number of hydrogen-bond donors (Lipinski definition) is 1. The molecule has 6 heteroatoms. The van der Waals surface area contributed by atoms with Crippen molar-refractivity contribution in [3.63, 3.8) is 0 Å². The van der Waals surface area contributed by atoms with Gasteiger partial charge in [0.1, 0.15) is 0 Å². The smallest absolute Gasteiger partial charge is 0.257 e. The van der Waals surface area contributed by atoms with Crippen LogP contribution in [-0.2, 0) is 0 Å². The molecule has 2 aromatic rings. The monoisotopic (exact) mass is 306 g/mol. The molecule has 1 amide bonds. The van der Waals surface area contributed by atoms with Crippen molar-refractivity contribution in [2.45, 2.75) is 19.9 Å². The molecule has 112 valence electrons. The molecule has 2 N–H and O–H groups in total. The molecule has 5 nitrogen and oxygen atoms in total. The van der Waals surface area contributed by atoms with E-state index in [0.29, 0.717) is 22.8 Å². The third-order valence-corrected chi connectivity index (χ3v) is 3.80. The van der Waals surface area contributed by atoms with Crippen LogP contribution in [0.4, 0.5) is 0 Å². The second-order valence-corrected chi connectivity index (χ2v) is 5.49. The molecule has 0 aliphatic carbocycles. The molecule has 1 atom stereocenters. The Morgan fingerprint density at radius 2 is 2.05 bits per heavy atom. The van der Waals surface area contributed by atoms with Crippen molar-refractivity contribution in [1.29, 1.82) is 0 Å². The average molecular weight is 307 g/mol. The first kappa shape index (κ1) is 15.5. The first-order valence-corrected chi connectivity index (χ1v) is 7.11. The number of amides is 1. The topological polar surface area (TPSA) is 64.2 Å². The zero-order chi connectivity index (χ0) is 15.6. The molecule has 0 spiro atoms. The Labute approximate surface area is 129 Å². The van der Waals surface area contributed by atoms with E-state index >= 15 is 0 Å². The number of aryl methyl sites for hydroxylation is 1. The number of hydrogen-bond acceptors (Lipinski definition) is 3. The molecule has 1 unspecified atom stereocenters. The maximum Gasteiger partial charge on any atom is 0.257 e. The van der Waals surface area contributed by atoms with Crippen LogP contribution in [-0.4, -0.2) is 40.2 Å². The summed E-state index contributed by atoms with van der Waals surface area (Å²) in [6.45, 7) is 4.16. The van der Waals surface area contributed by atoms with Crippen molar-refractivity contribution in [3.8, 4) is 5.69 Å². The highest BCUT2D eigenvalue weighted by Crippen LogP contribution is 2.16. The average Bonchev–Trinajstić information content (AvgIpc) is 2.87. The van der Waals surface area contributed by atoms with Crippen molar-refractivity contribution in [2.75, 3.05) is 13.6 Å². The molecule has 0 saturated carbocycles. The lowest BCUT2D eigenvalue weighted by atomic mass is 10.2. The number of likely N-dealkylation sites (N-methyl/N-ethyl adjacent to an activating group) is 1. The van der Waals surface area contributed by atoms with E-state index in [1.54, 1.807) is 35.0 Å². The minimum Gasteiger partial charge on any atom is -0.338 e. The van der Waals surface area contributed by atoms with Gasteiger partial charge in [-0.15, -0.1) is 0 Å². The lowest BCUT2D eigenvalue weighted by molar-refractivity contribution is 0.0747. The van der Waals surface area contributed by atoms with Gasteiger partial charge in [-0.3, -0.25) is 4.79 Å². The number of aromatic nitrogens is 2. The maximum atomic E-state index is 12.5. The fourth-order valence-electron chi connectivity index (χ4n) is 1.94. The number of nitrogens with zero attached hydrogens (tertiary/aromatic N) is 3. The Kier molecular flexibility index (Phi) is 4.65. The Morgan fingerprint density at radius 1 is 1.43 bits per heavy atom. The van der Waals surface area contributed by atoms with Gasteiger partial charge in [0.05, 0.1) is 16.9 Å². The summed E-state index contributed by atoms with van der Waals surface area (Å²) in [7, 11) is 1.75. The number of benzene rings is 1. The molecule has 0 saturated heterocycles. The van der Waals surface area contributed by atoms with Crippen molar-refractivity contribution >= 4 is 17.5 Å². The molecule has 2 rings (SSSR count). The van der Waals surface area contributed by atoms with Crippen molar-refractivity contribution < 1.29 is 4.79 Å². The minimum absolute atomic E-state index is 0.0178. The van der Waals surface area contributed by atoms with E-state index in [4.69, 9.17) is 17.3 Å². The number of rotatable bonds is 4. The lowest BCUT2D eigenvalue weighted by Crippen LogP contribution is -2.39. The molecule has 1 aromatic carbocycles. The van der Waals surface area contributed by atoms with Gasteiger partial charge in [-0.25, -0.2) is 4.68 Å². The van der Waals surface area contributed by atoms with E-state index in [9.17, 15) is 4.79 Å². The number of nitrogens with two attached hydrogens (primary N) is 1. The molecular formula is C15H19ClN4O. The molecular weight excluding hydrogens is 288 g/mol. The van der Waals surface area contributed by atoms with Gasteiger partial charge in [-0.05, 0) is 38.1 Å². The van der Waals surface area contributed by atoms with Crippen LogP contribution in [0.5, 0.6) is 0 Å². The minimum atomic E-state index is -0.0781. The van der Waals surface area contributed by atoms with E-state index in [0.717, 1.165) is 5.69 Å². The molecule has 0 bridgehead atoms. The van der Waals surface area contributed by atoms with Crippen LogP contribution in [0, 0.1) is 6.92 Å². The van der Waals surface area contributed by atoms with E-state index in [2.05, 4.69) is 5.10 Å². The van der Waals surface area contributed by atoms with Gasteiger partial charge in [0.15, 0.2) is 0 Å². The van der Waals surface area contributed by atoms with Crippen molar-refractivity contribution in [1.82, 2.24) is 14.7 Å². The van der Waals surface area contributed by atoms with Crippen LogP contribution in [0.1, 0.15) is 23.0 Å².